The molecule has 0 unspecified atom stereocenters. The van der Waals surface area contributed by atoms with Crippen molar-refractivity contribution in [3.05, 3.63) is 58.9 Å². The maximum absolute atomic E-state index is 5.92. The van der Waals surface area contributed by atoms with E-state index in [0.29, 0.717) is 42.2 Å². The van der Waals surface area contributed by atoms with Gasteiger partial charge in [0.2, 0.25) is 11.7 Å². The van der Waals surface area contributed by atoms with Crippen LogP contribution >= 0.6 is 11.6 Å². The molecular weight excluding hydrogens is 418 g/mol. The van der Waals surface area contributed by atoms with Crippen molar-refractivity contribution in [1.29, 1.82) is 0 Å². The van der Waals surface area contributed by atoms with Gasteiger partial charge in [0, 0.05) is 41.7 Å². The lowest BCUT2D eigenvalue weighted by Crippen LogP contribution is -2.38. The molecule has 3 aromatic rings. The summed E-state index contributed by atoms with van der Waals surface area (Å²) in [5.74, 6) is 3.26. The zero-order valence-corrected chi connectivity index (χ0v) is 18.6. The van der Waals surface area contributed by atoms with Gasteiger partial charge in [0.25, 0.3) is 0 Å². The van der Waals surface area contributed by atoms with Crippen LogP contribution in [-0.4, -0.2) is 43.4 Å². The number of nitrogens with one attached hydrogen (secondary N) is 2. The minimum atomic E-state index is 0.462. The van der Waals surface area contributed by atoms with Crippen molar-refractivity contribution in [2.75, 3.05) is 27.3 Å². The lowest BCUT2D eigenvalue weighted by Gasteiger charge is -2.12. The standard InChI is InChI=1S/C22H26ClN5O3/c1-4-24-22(26-14-16-7-10-18(29-2)13-19(16)30-3)25-12-11-20-27-21(28-31-20)15-5-8-17(23)9-6-15/h5-10,13H,4,11-12,14H2,1-3H3,(H2,24,25,26). The topological polar surface area (TPSA) is 93.8 Å². The Morgan fingerprint density at radius 3 is 2.61 bits per heavy atom. The number of aliphatic imine (C=N–C) groups is 1. The van der Waals surface area contributed by atoms with E-state index < -0.39 is 0 Å². The molecule has 0 aliphatic carbocycles. The summed E-state index contributed by atoms with van der Waals surface area (Å²) in [5, 5.41) is 11.2. The summed E-state index contributed by atoms with van der Waals surface area (Å²) < 4.78 is 16.0. The first kappa shape index (κ1) is 22.4. The summed E-state index contributed by atoms with van der Waals surface area (Å²) in [4.78, 5) is 9.07. The maximum atomic E-state index is 5.92. The van der Waals surface area contributed by atoms with E-state index >= 15 is 0 Å². The number of rotatable bonds is 9. The van der Waals surface area contributed by atoms with Gasteiger partial charge in [0.15, 0.2) is 5.96 Å². The SMILES string of the molecule is CCNC(=NCc1ccc(OC)cc1OC)NCCc1nc(-c2ccc(Cl)cc2)no1. The first-order valence-corrected chi connectivity index (χ1v) is 10.3. The van der Waals surface area contributed by atoms with E-state index in [0.717, 1.165) is 29.2 Å². The molecule has 0 atom stereocenters. The minimum Gasteiger partial charge on any atom is -0.497 e. The lowest BCUT2D eigenvalue weighted by atomic mass is 10.2. The summed E-state index contributed by atoms with van der Waals surface area (Å²) in [7, 11) is 3.26. The molecule has 0 spiro atoms. The highest BCUT2D eigenvalue weighted by atomic mass is 35.5. The van der Waals surface area contributed by atoms with Crippen LogP contribution in [0.1, 0.15) is 18.4 Å². The van der Waals surface area contributed by atoms with E-state index in [1.54, 1.807) is 26.4 Å². The molecule has 0 bridgehead atoms. The van der Waals surface area contributed by atoms with E-state index in [-0.39, 0.29) is 0 Å². The highest BCUT2D eigenvalue weighted by molar-refractivity contribution is 6.30. The third-order valence-electron chi connectivity index (χ3n) is 4.45. The number of aromatic nitrogens is 2. The van der Waals surface area contributed by atoms with Crippen molar-refractivity contribution in [1.82, 2.24) is 20.8 Å². The number of nitrogens with zero attached hydrogens (tertiary/aromatic N) is 3. The maximum Gasteiger partial charge on any atom is 0.228 e. The van der Waals surface area contributed by atoms with Crippen LogP contribution in [0.2, 0.25) is 5.02 Å². The summed E-state index contributed by atoms with van der Waals surface area (Å²) in [6.07, 6.45) is 0.566. The molecular formula is C22H26ClN5O3. The van der Waals surface area contributed by atoms with Crippen LogP contribution in [0, 0.1) is 0 Å². The Morgan fingerprint density at radius 1 is 1.10 bits per heavy atom. The van der Waals surface area contributed by atoms with Crippen molar-refractivity contribution >= 4 is 17.6 Å². The van der Waals surface area contributed by atoms with Gasteiger partial charge < -0.3 is 24.6 Å². The Hall–Kier alpha value is -3.26. The van der Waals surface area contributed by atoms with Crippen LogP contribution in [0.3, 0.4) is 0 Å². The summed E-state index contributed by atoms with van der Waals surface area (Å²) >= 11 is 5.92. The Bertz CT molecular complexity index is 1000. The molecule has 1 heterocycles. The molecule has 8 nitrogen and oxygen atoms in total. The van der Waals surface area contributed by atoms with Crippen molar-refractivity contribution in [3.63, 3.8) is 0 Å². The molecule has 2 N–H and O–H groups in total. The normalized spacial score (nSPS) is 11.3. The molecule has 1 aromatic heterocycles. The van der Waals surface area contributed by atoms with E-state index in [4.69, 9.17) is 25.6 Å². The fourth-order valence-electron chi connectivity index (χ4n) is 2.85. The molecule has 31 heavy (non-hydrogen) atoms. The largest absolute Gasteiger partial charge is 0.497 e. The van der Waals surface area contributed by atoms with E-state index in [2.05, 4.69) is 25.8 Å². The van der Waals surface area contributed by atoms with Gasteiger partial charge >= 0.3 is 0 Å². The number of hydrogen-bond donors (Lipinski definition) is 2. The van der Waals surface area contributed by atoms with Gasteiger partial charge in [-0.2, -0.15) is 4.98 Å². The van der Waals surface area contributed by atoms with Crippen LogP contribution in [0.15, 0.2) is 52.0 Å². The zero-order valence-electron chi connectivity index (χ0n) is 17.8. The van der Waals surface area contributed by atoms with Crippen LogP contribution in [0.4, 0.5) is 0 Å². The van der Waals surface area contributed by atoms with Crippen LogP contribution < -0.4 is 20.1 Å². The highest BCUT2D eigenvalue weighted by Gasteiger charge is 2.09. The summed E-state index contributed by atoms with van der Waals surface area (Å²) in [5.41, 5.74) is 1.82. The van der Waals surface area contributed by atoms with Gasteiger partial charge in [-0.1, -0.05) is 16.8 Å². The summed E-state index contributed by atoms with van der Waals surface area (Å²) in [6, 6.07) is 13.0. The zero-order chi connectivity index (χ0) is 22.1. The van der Waals surface area contributed by atoms with Crippen LogP contribution in [0.5, 0.6) is 11.5 Å². The van der Waals surface area contributed by atoms with Crippen molar-refractivity contribution in [2.24, 2.45) is 4.99 Å². The van der Waals surface area contributed by atoms with Crippen LogP contribution in [-0.2, 0) is 13.0 Å². The van der Waals surface area contributed by atoms with E-state index in [1.165, 1.54) is 0 Å². The molecule has 2 aromatic carbocycles. The predicted octanol–water partition coefficient (Wildman–Crippen LogP) is 3.71. The van der Waals surface area contributed by atoms with Crippen molar-refractivity contribution in [3.8, 4) is 22.9 Å². The van der Waals surface area contributed by atoms with E-state index in [1.807, 2.05) is 37.3 Å². The van der Waals surface area contributed by atoms with Gasteiger partial charge in [-0.05, 0) is 43.3 Å². The Kier molecular flexibility index (Phi) is 8.12. The third kappa shape index (κ3) is 6.36. The van der Waals surface area contributed by atoms with Crippen molar-refractivity contribution in [2.45, 2.75) is 19.9 Å². The third-order valence-corrected chi connectivity index (χ3v) is 4.70. The first-order valence-electron chi connectivity index (χ1n) is 9.94. The second-order valence-corrected chi connectivity index (χ2v) is 7.00. The van der Waals surface area contributed by atoms with Gasteiger partial charge in [-0.15, -0.1) is 0 Å². The lowest BCUT2D eigenvalue weighted by molar-refractivity contribution is 0.378. The van der Waals surface area contributed by atoms with Gasteiger partial charge in [-0.3, -0.25) is 0 Å². The Morgan fingerprint density at radius 2 is 1.90 bits per heavy atom. The average Bonchev–Trinajstić information content (AvgIpc) is 3.26. The Balaban J connectivity index is 1.58. The number of guanidine groups is 1. The molecule has 3 rings (SSSR count). The molecule has 0 aliphatic rings. The predicted molar refractivity (Wildman–Crippen MR) is 121 cm³/mol. The molecule has 0 saturated carbocycles. The minimum absolute atomic E-state index is 0.462. The summed E-state index contributed by atoms with van der Waals surface area (Å²) in [6.45, 7) is 3.81. The number of ether oxygens (including phenoxy) is 2. The molecule has 0 saturated heterocycles. The quantitative estimate of drug-likeness (QED) is 0.384. The van der Waals surface area contributed by atoms with Gasteiger partial charge in [0.05, 0.1) is 20.8 Å². The fraction of sp³-hybridized carbons (Fsp3) is 0.318. The number of hydrogen-bond acceptors (Lipinski definition) is 6. The fourth-order valence-corrected chi connectivity index (χ4v) is 2.97. The second-order valence-electron chi connectivity index (χ2n) is 6.57. The molecule has 164 valence electrons. The van der Waals surface area contributed by atoms with Crippen molar-refractivity contribution < 1.29 is 14.0 Å². The van der Waals surface area contributed by atoms with E-state index in [9.17, 15) is 0 Å². The van der Waals surface area contributed by atoms with Gasteiger partial charge in [-0.25, -0.2) is 4.99 Å². The number of methoxy groups -OCH3 is 2. The highest BCUT2D eigenvalue weighted by Crippen LogP contribution is 2.25. The monoisotopic (exact) mass is 443 g/mol. The number of halogens is 1. The molecule has 0 fully saturated rings. The molecule has 0 amide bonds. The van der Waals surface area contributed by atoms with Crippen LogP contribution in [0.25, 0.3) is 11.4 Å². The molecule has 9 heteroatoms. The average molecular weight is 444 g/mol. The smallest absolute Gasteiger partial charge is 0.228 e. The molecule has 0 radical (unpaired) electrons. The second kappa shape index (κ2) is 11.2. The first-order chi connectivity index (χ1) is 15.1. The van der Waals surface area contributed by atoms with Gasteiger partial charge in [0.1, 0.15) is 11.5 Å². The molecule has 0 aliphatic heterocycles. The number of benzene rings is 2. The Labute approximate surface area is 186 Å².